The van der Waals surface area contributed by atoms with E-state index >= 15 is 0 Å². The van der Waals surface area contributed by atoms with Crippen molar-refractivity contribution < 1.29 is 14.3 Å². The van der Waals surface area contributed by atoms with E-state index in [1.54, 1.807) is 0 Å². The van der Waals surface area contributed by atoms with Crippen LogP contribution in [0.3, 0.4) is 0 Å². The number of fused-ring (bicyclic) bond motifs is 1. The van der Waals surface area contributed by atoms with Crippen LogP contribution >= 0.6 is 0 Å². The highest BCUT2D eigenvalue weighted by molar-refractivity contribution is 5.79. The Morgan fingerprint density at radius 2 is 1.96 bits per heavy atom. The molecule has 2 unspecified atom stereocenters. The van der Waals surface area contributed by atoms with Crippen LogP contribution in [0.25, 0.3) is 0 Å². The van der Waals surface area contributed by atoms with Crippen LogP contribution in [0.5, 0.6) is 5.75 Å². The first-order valence-corrected chi connectivity index (χ1v) is 10.0. The lowest BCUT2D eigenvalue weighted by atomic mass is 9.91. The highest BCUT2D eigenvalue weighted by atomic mass is 16.5. The summed E-state index contributed by atoms with van der Waals surface area (Å²) in [7, 11) is 0. The Bertz CT molecular complexity index is 582. The van der Waals surface area contributed by atoms with Gasteiger partial charge < -0.3 is 14.8 Å². The van der Waals surface area contributed by atoms with Gasteiger partial charge in [-0.1, -0.05) is 44.9 Å². The molecule has 0 saturated carbocycles. The second-order valence-electron chi connectivity index (χ2n) is 7.36. The lowest BCUT2D eigenvalue weighted by Crippen LogP contribution is -2.53. The lowest BCUT2D eigenvalue weighted by molar-refractivity contribution is -0.126. The second-order valence-corrected chi connectivity index (χ2v) is 7.36. The van der Waals surface area contributed by atoms with Crippen molar-refractivity contribution in [2.45, 2.75) is 39.2 Å². The molecule has 2 aliphatic rings. The van der Waals surface area contributed by atoms with Crippen LogP contribution in [0.1, 0.15) is 32.3 Å². The molecule has 26 heavy (non-hydrogen) atoms. The van der Waals surface area contributed by atoms with Gasteiger partial charge in [0.15, 0.2) is 0 Å². The fraction of sp³-hybridized carbons (Fsp3) is 0.667. The highest BCUT2D eigenvalue weighted by Crippen LogP contribution is 2.27. The Hall–Kier alpha value is -1.59. The molecule has 1 aromatic rings. The van der Waals surface area contributed by atoms with Crippen LogP contribution in [0.4, 0.5) is 0 Å². The van der Waals surface area contributed by atoms with Gasteiger partial charge in [0.1, 0.15) is 12.4 Å². The molecule has 0 spiro atoms. The molecular formula is C21H32N2O3. The monoisotopic (exact) mass is 360 g/mol. The number of nitrogens with zero attached hydrogens (tertiary/aromatic N) is 1. The molecule has 2 heterocycles. The summed E-state index contributed by atoms with van der Waals surface area (Å²) in [5.74, 6) is 1.53. The summed E-state index contributed by atoms with van der Waals surface area (Å²) < 4.78 is 11.3. The molecule has 2 atom stereocenters. The van der Waals surface area contributed by atoms with E-state index in [0.29, 0.717) is 25.1 Å². The zero-order valence-corrected chi connectivity index (χ0v) is 16.1. The molecule has 1 N–H and O–H groups in total. The highest BCUT2D eigenvalue weighted by Gasteiger charge is 2.30. The summed E-state index contributed by atoms with van der Waals surface area (Å²) in [6.07, 6.45) is 3.03. The normalized spacial score (nSPS) is 21.7. The van der Waals surface area contributed by atoms with Crippen molar-refractivity contribution in [3.05, 3.63) is 29.8 Å². The maximum Gasteiger partial charge on any atom is 0.226 e. The number of carbonyl (C=O) groups excluding carboxylic acids is 1. The van der Waals surface area contributed by atoms with Crippen molar-refractivity contribution in [3.8, 4) is 5.75 Å². The van der Waals surface area contributed by atoms with E-state index < -0.39 is 0 Å². The van der Waals surface area contributed by atoms with Gasteiger partial charge in [-0.2, -0.15) is 0 Å². The molecule has 5 nitrogen and oxygen atoms in total. The van der Waals surface area contributed by atoms with Gasteiger partial charge in [-0.3, -0.25) is 9.69 Å². The van der Waals surface area contributed by atoms with E-state index in [2.05, 4.69) is 30.1 Å². The quantitative estimate of drug-likeness (QED) is 0.812. The zero-order chi connectivity index (χ0) is 18.4. The Morgan fingerprint density at radius 3 is 2.69 bits per heavy atom. The first-order chi connectivity index (χ1) is 12.7. The number of benzene rings is 1. The number of carbonyl (C=O) groups is 1. The van der Waals surface area contributed by atoms with Gasteiger partial charge in [0.05, 0.1) is 19.1 Å². The third kappa shape index (κ3) is 4.57. The number of hydrogen-bond donors (Lipinski definition) is 1. The van der Waals surface area contributed by atoms with Gasteiger partial charge in [-0.25, -0.2) is 0 Å². The first kappa shape index (κ1) is 19.2. The van der Waals surface area contributed by atoms with Crippen molar-refractivity contribution >= 4 is 5.91 Å². The topological polar surface area (TPSA) is 50.8 Å². The van der Waals surface area contributed by atoms with Crippen LogP contribution in [-0.4, -0.2) is 56.3 Å². The van der Waals surface area contributed by atoms with Crippen LogP contribution in [0, 0.1) is 11.8 Å². The number of rotatable bonds is 7. The molecular weight excluding hydrogens is 328 g/mol. The number of ether oxygens (including phenoxy) is 2. The Balaban J connectivity index is 1.58. The number of amides is 1. The van der Waals surface area contributed by atoms with Gasteiger partial charge in [0.2, 0.25) is 5.91 Å². The van der Waals surface area contributed by atoms with Crippen molar-refractivity contribution in [3.63, 3.8) is 0 Å². The molecule has 1 amide bonds. The minimum atomic E-state index is -0.100. The van der Waals surface area contributed by atoms with Crippen molar-refractivity contribution in [2.24, 2.45) is 11.8 Å². The Morgan fingerprint density at radius 1 is 1.23 bits per heavy atom. The minimum Gasteiger partial charge on any atom is -0.492 e. The third-order valence-electron chi connectivity index (χ3n) is 5.84. The fourth-order valence-corrected chi connectivity index (χ4v) is 4.18. The van der Waals surface area contributed by atoms with E-state index in [0.717, 1.165) is 56.9 Å². The lowest BCUT2D eigenvalue weighted by Gasteiger charge is -2.39. The molecule has 1 aromatic carbocycles. The van der Waals surface area contributed by atoms with Gasteiger partial charge in [-0.05, 0) is 24.0 Å². The van der Waals surface area contributed by atoms with Crippen LogP contribution < -0.4 is 10.1 Å². The summed E-state index contributed by atoms with van der Waals surface area (Å²) in [6, 6.07) is 8.39. The Labute approximate surface area is 157 Å². The molecule has 0 aromatic heterocycles. The number of nitrogens with one attached hydrogen (secondary N) is 1. The number of morpholine rings is 1. The third-order valence-corrected chi connectivity index (χ3v) is 5.84. The molecule has 144 valence electrons. The van der Waals surface area contributed by atoms with Gasteiger partial charge >= 0.3 is 0 Å². The maximum atomic E-state index is 12.8. The second kappa shape index (κ2) is 9.38. The van der Waals surface area contributed by atoms with E-state index in [1.807, 2.05) is 18.2 Å². The van der Waals surface area contributed by atoms with E-state index in [9.17, 15) is 4.79 Å². The van der Waals surface area contributed by atoms with E-state index in [4.69, 9.17) is 9.47 Å². The molecule has 0 aliphatic carbocycles. The van der Waals surface area contributed by atoms with Gasteiger partial charge in [0.25, 0.3) is 0 Å². The van der Waals surface area contributed by atoms with Crippen LogP contribution in [-0.2, 0) is 16.0 Å². The molecule has 3 rings (SSSR count). The molecule has 2 aliphatic heterocycles. The first-order valence-electron chi connectivity index (χ1n) is 10.0. The summed E-state index contributed by atoms with van der Waals surface area (Å²) >= 11 is 0. The Kier molecular flexibility index (Phi) is 6.92. The predicted molar refractivity (Wildman–Crippen MR) is 102 cm³/mol. The van der Waals surface area contributed by atoms with Crippen molar-refractivity contribution in [1.29, 1.82) is 0 Å². The van der Waals surface area contributed by atoms with E-state index in [1.165, 1.54) is 0 Å². The SMILES string of the molecule is CCC(CC)C(CNC(=O)C1COc2ccccc2C1)N1CCOCC1. The molecule has 5 heteroatoms. The van der Waals surface area contributed by atoms with E-state index in [-0.39, 0.29) is 11.8 Å². The predicted octanol–water partition coefficient (Wildman–Crippen LogP) is 2.49. The van der Waals surface area contributed by atoms with Crippen LogP contribution in [0.2, 0.25) is 0 Å². The van der Waals surface area contributed by atoms with Gasteiger partial charge in [0, 0.05) is 25.7 Å². The molecule has 1 fully saturated rings. The molecule has 0 radical (unpaired) electrons. The summed E-state index contributed by atoms with van der Waals surface area (Å²) in [4.78, 5) is 15.3. The average molecular weight is 360 g/mol. The zero-order valence-electron chi connectivity index (χ0n) is 16.1. The standard InChI is InChI=1S/C21H32N2O3/c1-3-16(4-2)19(23-9-11-25-12-10-23)14-22-21(24)18-13-17-7-5-6-8-20(17)26-15-18/h5-8,16,18-19H,3-4,9-15H2,1-2H3,(H,22,24). The van der Waals surface area contributed by atoms with Crippen LogP contribution in [0.15, 0.2) is 24.3 Å². The number of hydrogen-bond acceptors (Lipinski definition) is 4. The summed E-state index contributed by atoms with van der Waals surface area (Å²) in [5.41, 5.74) is 1.13. The largest absolute Gasteiger partial charge is 0.492 e. The van der Waals surface area contributed by atoms with Crippen molar-refractivity contribution in [2.75, 3.05) is 39.5 Å². The molecule has 0 bridgehead atoms. The maximum absolute atomic E-state index is 12.8. The summed E-state index contributed by atoms with van der Waals surface area (Å²) in [6.45, 7) is 9.16. The van der Waals surface area contributed by atoms with Gasteiger partial charge in [-0.15, -0.1) is 0 Å². The average Bonchev–Trinajstić information content (AvgIpc) is 2.71. The molecule has 1 saturated heterocycles. The fourth-order valence-electron chi connectivity index (χ4n) is 4.18. The van der Waals surface area contributed by atoms with Crippen molar-refractivity contribution in [1.82, 2.24) is 10.2 Å². The summed E-state index contributed by atoms with van der Waals surface area (Å²) in [5, 5.41) is 3.23. The number of para-hydroxylation sites is 1. The minimum absolute atomic E-state index is 0.100. The smallest absolute Gasteiger partial charge is 0.226 e.